The third-order valence-corrected chi connectivity index (χ3v) is 3.72. The molecular formula is C14H12BrF2N3O. The Hall–Kier alpha value is -1.76. The maximum absolute atomic E-state index is 13.8. The van der Waals surface area contributed by atoms with Crippen molar-refractivity contribution in [2.24, 2.45) is 0 Å². The van der Waals surface area contributed by atoms with Crippen molar-refractivity contribution >= 4 is 21.7 Å². The molecule has 0 bridgehead atoms. The summed E-state index contributed by atoms with van der Waals surface area (Å²) in [5, 5.41) is 0. The van der Waals surface area contributed by atoms with Crippen molar-refractivity contribution in [2.45, 2.75) is 25.7 Å². The number of hydrogen-bond acceptors (Lipinski definition) is 4. The highest BCUT2D eigenvalue weighted by Gasteiger charge is 2.28. The molecule has 1 heterocycles. The van der Waals surface area contributed by atoms with Gasteiger partial charge < -0.3 is 10.5 Å². The van der Waals surface area contributed by atoms with Gasteiger partial charge in [0.15, 0.2) is 11.6 Å². The molecule has 0 aliphatic heterocycles. The van der Waals surface area contributed by atoms with Crippen molar-refractivity contribution < 1.29 is 13.5 Å². The molecule has 2 N–H and O–H groups in total. The molecule has 1 saturated carbocycles. The number of halogens is 3. The second-order valence-corrected chi connectivity index (χ2v) is 5.89. The van der Waals surface area contributed by atoms with Gasteiger partial charge in [-0.3, -0.25) is 0 Å². The summed E-state index contributed by atoms with van der Waals surface area (Å²) in [7, 11) is 0. The first-order chi connectivity index (χ1) is 9.95. The molecule has 0 amide bonds. The zero-order valence-corrected chi connectivity index (χ0v) is 12.7. The molecule has 3 rings (SSSR count). The van der Waals surface area contributed by atoms with Crippen LogP contribution in [0.2, 0.25) is 0 Å². The summed E-state index contributed by atoms with van der Waals surface area (Å²) in [6.45, 7) is 1.67. The van der Waals surface area contributed by atoms with Gasteiger partial charge in [0.2, 0.25) is 11.7 Å². The van der Waals surface area contributed by atoms with Crippen LogP contribution < -0.4 is 10.5 Å². The molecule has 1 aromatic heterocycles. The Bertz CT molecular complexity index is 720. The van der Waals surface area contributed by atoms with E-state index in [1.165, 1.54) is 6.07 Å². The van der Waals surface area contributed by atoms with Crippen LogP contribution in [0.3, 0.4) is 0 Å². The third kappa shape index (κ3) is 2.83. The molecule has 1 aliphatic carbocycles. The number of hydrogen-bond donors (Lipinski definition) is 1. The summed E-state index contributed by atoms with van der Waals surface area (Å²) < 4.78 is 33.0. The largest absolute Gasteiger partial charge is 0.435 e. The third-order valence-electron chi connectivity index (χ3n) is 3.26. The minimum absolute atomic E-state index is 0.154. The Balaban J connectivity index is 2.01. The summed E-state index contributed by atoms with van der Waals surface area (Å²) in [6.07, 6.45) is 2.00. The summed E-state index contributed by atoms with van der Waals surface area (Å²) in [4.78, 5) is 8.48. The monoisotopic (exact) mass is 355 g/mol. The lowest BCUT2D eigenvalue weighted by Crippen LogP contribution is -2.05. The predicted octanol–water partition coefficient (Wildman–Crippen LogP) is 4.08. The van der Waals surface area contributed by atoms with Gasteiger partial charge in [-0.2, -0.15) is 9.37 Å². The average molecular weight is 356 g/mol. The van der Waals surface area contributed by atoms with Crippen molar-refractivity contribution in [3.05, 3.63) is 39.6 Å². The summed E-state index contributed by atoms with van der Waals surface area (Å²) in [5.41, 5.74) is 6.33. The zero-order valence-electron chi connectivity index (χ0n) is 11.2. The number of aromatic nitrogens is 2. The smallest absolute Gasteiger partial charge is 0.227 e. The molecule has 110 valence electrons. The summed E-state index contributed by atoms with van der Waals surface area (Å²) in [6, 6.07) is 2.37. The second kappa shape index (κ2) is 5.22. The Morgan fingerprint density at radius 1 is 1.29 bits per heavy atom. The van der Waals surface area contributed by atoms with Crippen LogP contribution >= 0.6 is 15.9 Å². The Morgan fingerprint density at radius 2 is 2.00 bits per heavy atom. The molecule has 0 spiro atoms. The minimum atomic E-state index is -1.07. The van der Waals surface area contributed by atoms with Crippen molar-refractivity contribution in [1.29, 1.82) is 0 Å². The van der Waals surface area contributed by atoms with Crippen LogP contribution in [-0.2, 0) is 0 Å². The first-order valence-electron chi connectivity index (χ1n) is 6.42. The Labute approximate surface area is 128 Å². The zero-order chi connectivity index (χ0) is 15.1. The fourth-order valence-corrected chi connectivity index (χ4v) is 2.27. The first kappa shape index (κ1) is 14.2. The van der Waals surface area contributed by atoms with Crippen LogP contribution in [0.5, 0.6) is 11.6 Å². The first-order valence-corrected chi connectivity index (χ1v) is 7.21. The maximum Gasteiger partial charge on any atom is 0.227 e. The van der Waals surface area contributed by atoms with Crippen molar-refractivity contribution in [2.75, 3.05) is 5.73 Å². The minimum Gasteiger partial charge on any atom is -0.435 e. The van der Waals surface area contributed by atoms with E-state index in [4.69, 9.17) is 10.5 Å². The van der Waals surface area contributed by atoms with Gasteiger partial charge in [0.1, 0.15) is 11.6 Å². The number of nitrogens with zero attached hydrogens (tertiary/aromatic N) is 2. The van der Waals surface area contributed by atoms with E-state index in [0.29, 0.717) is 15.9 Å². The van der Waals surface area contributed by atoms with Crippen molar-refractivity contribution in [3.8, 4) is 11.6 Å². The van der Waals surface area contributed by atoms with Gasteiger partial charge in [0.05, 0.1) is 5.56 Å². The lowest BCUT2D eigenvalue weighted by Gasteiger charge is -2.12. The number of anilines is 1. The highest BCUT2D eigenvalue weighted by molar-refractivity contribution is 9.10. The Kier molecular flexibility index (Phi) is 3.52. The molecule has 4 nitrogen and oxygen atoms in total. The molecule has 1 aromatic carbocycles. The van der Waals surface area contributed by atoms with Crippen LogP contribution in [0, 0.1) is 18.6 Å². The van der Waals surface area contributed by atoms with Crippen LogP contribution in [0.1, 0.15) is 30.1 Å². The van der Waals surface area contributed by atoms with Gasteiger partial charge in [-0.25, -0.2) is 9.37 Å². The van der Waals surface area contributed by atoms with Crippen LogP contribution in [0.4, 0.5) is 14.6 Å². The van der Waals surface area contributed by atoms with E-state index in [2.05, 4.69) is 25.9 Å². The quantitative estimate of drug-likeness (QED) is 0.842. The van der Waals surface area contributed by atoms with Crippen LogP contribution in [0.25, 0.3) is 0 Å². The van der Waals surface area contributed by atoms with E-state index >= 15 is 0 Å². The van der Waals surface area contributed by atoms with Crippen LogP contribution in [-0.4, -0.2) is 9.97 Å². The van der Waals surface area contributed by atoms with E-state index in [1.54, 1.807) is 6.92 Å². The van der Waals surface area contributed by atoms with E-state index in [-0.39, 0.29) is 23.4 Å². The van der Waals surface area contributed by atoms with E-state index < -0.39 is 11.6 Å². The highest BCUT2D eigenvalue weighted by Crippen LogP contribution is 2.40. The van der Waals surface area contributed by atoms with E-state index in [9.17, 15) is 8.78 Å². The van der Waals surface area contributed by atoms with Gasteiger partial charge in [-0.1, -0.05) is 15.9 Å². The van der Waals surface area contributed by atoms with Crippen molar-refractivity contribution in [3.63, 3.8) is 0 Å². The lowest BCUT2D eigenvalue weighted by molar-refractivity contribution is 0.401. The molecule has 0 saturated heterocycles. The Morgan fingerprint density at radius 3 is 2.67 bits per heavy atom. The second-order valence-electron chi connectivity index (χ2n) is 4.97. The number of ether oxygens (including phenoxy) is 1. The highest BCUT2D eigenvalue weighted by atomic mass is 79.9. The fourth-order valence-electron chi connectivity index (χ4n) is 1.86. The van der Waals surface area contributed by atoms with E-state index in [1.807, 2.05) is 0 Å². The molecular weight excluding hydrogens is 344 g/mol. The molecule has 0 unspecified atom stereocenters. The predicted molar refractivity (Wildman–Crippen MR) is 77.3 cm³/mol. The SMILES string of the molecule is Cc1c(N)nc(C2CC2)nc1Oc1cc(Br)cc(F)c1F. The molecule has 2 aromatic rings. The number of nitrogen functional groups attached to an aromatic ring is 1. The topological polar surface area (TPSA) is 61.0 Å². The molecule has 0 atom stereocenters. The van der Waals surface area contributed by atoms with E-state index in [0.717, 1.165) is 18.9 Å². The number of nitrogens with two attached hydrogens (primary N) is 1. The average Bonchev–Trinajstić information content (AvgIpc) is 3.24. The molecule has 21 heavy (non-hydrogen) atoms. The lowest BCUT2D eigenvalue weighted by atomic mass is 10.3. The standard InChI is InChI=1S/C14H12BrF2N3O/c1-6-12(18)19-13(7-2-3-7)20-14(6)21-10-5-8(15)4-9(16)11(10)17/h4-5,7H,2-3H2,1H3,(H2,18,19,20). The van der Waals surface area contributed by atoms with Gasteiger partial charge in [-0.05, 0) is 31.9 Å². The molecule has 7 heteroatoms. The molecule has 0 radical (unpaired) electrons. The summed E-state index contributed by atoms with van der Waals surface area (Å²) in [5.74, 6) is -1.00. The maximum atomic E-state index is 13.8. The van der Waals surface area contributed by atoms with Gasteiger partial charge in [0, 0.05) is 10.4 Å². The molecule has 1 fully saturated rings. The van der Waals surface area contributed by atoms with Gasteiger partial charge in [0.25, 0.3) is 0 Å². The fraction of sp³-hybridized carbons (Fsp3) is 0.286. The van der Waals surface area contributed by atoms with Gasteiger partial charge >= 0.3 is 0 Å². The number of rotatable bonds is 3. The molecule has 1 aliphatic rings. The summed E-state index contributed by atoms with van der Waals surface area (Å²) >= 11 is 3.10. The number of benzene rings is 1. The van der Waals surface area contributed by atoms with Crippen molar-refractivity contribution in [1.82, 2.24) is 9.97 Å². The van der Waals surface area contributed by atoms with Gasteiger partial charge in [-0.15, -0.1) is 0 Å². The van der Waals surface area contributed by atoms with Crippen LogP contribution in [0.15, 0.2) is 16.6 Å². The normalized spacial score (nSPS) is 14.3.